The molecule has 0 bridgehead atoms. The second-order valence-electron chi connectivity index (χ2n) is 4.79. The molecule has 0 radical (unpaired) electrons. The summed E-state index contributed by atoms with van der Waals surface area (Å²) in [5.41, 5.74) is 1.77. The predicted molar refractivity (Wildman–Crippen MR) is 79.0 cm³/mol. The smallest absolute Gasteiger partial charge is 0.467 e. The van der Waals surface area contributed by atoms with Crippen molar-refractivity contribution in [1.29, 1.82) is 0 Å². The molecule has 106 valence electrons. The van der Waals surface area contributed by atoms with E-state index in [0.717, 1.165) is 11.0 Å². The van der Waals surface area contributed by atoms with Crippen LogP contribution in [0.1, 0.15) is 11.7 Å². The first kappa shape index (κ1) is 13.9. The highest BCUT2D eigenvalue weighted by Gasteiger charge is 2.45. The van der Waals surface area contributed by atoms with Crippen molar-refractivity contribution < 1.29 is 18.8 Å². The van der Waals surface area contributed by atoms with Crippen LogP contribution in [0.15, 0.2) is 60.7 Å². The van der Waals surface area contributed by atoms with Crippen LogP contribution in [-0.4, -0.2) is 26.3 Å². The lowest BCUT2D eigenvalue weighted by Gasteiger charge is -2.16. The Labute approximate surface area is 123 Å². The molecule has 2 atom stereocenters. The van der Waals surface area contributed by atoms with Crippen LogP contribution in [0.4, 0.5) is 0 Å². The second-order valence-corrected chi connectivity index (χ2v) is 4.79. The molecule has 0 saturated carbocycles. The summed E-state index contributed by atoms with van der Waals surface area (Å²) in [5.74, 6) is -0.428. The molecule has 0 N–H and O–H groups in total. The summed E-state index contributed by atoms with van der Waals surface area (Å²) in [6.45, 7) is 0. The first-order valence-corrected chi connectivity index (χ1v) is 6.78. The summed E-state index contributed by atoms with van der Waals surface area (Å²) >= 11 is 0. The lowest BCUT2D eigenvalue weighted by atomic mass is 9.79. The summed E-state index contributed by atoms with van der Waals surface area (Å²) < 4.78 is 16.5. The fourth-order valence-electron chi connectivity index (χ4n) is 2.40. The van der Waals surface area contributed by atoms with Gasteiger partial charge in [0.25, 0.3) is 0 Å². The molecule has 0 amide bonds. The van der Waals surface area contributed by atoms with E-state index in [-0.39, 0.29) is 0 Å². The number of hydrogen-bond donors (Lipinski definition) is 0. The standard InChI is InChI=1S/C16H15BO4/c1-19-16(18)15-14(12-8-4-2-5-9-12)20-17(21-15)13-10-6-3-7-11-13/h2-11,14-15H,1H3/t14-,15+/m1/s1. The maximum absolute atomic E-state index is 11.9. The molecule has 0 spiro atoms. The number of hydrogen-bond acceptors (Lipinski definition) is 4. The minimum atomic E-state index is -0.761. The van der Waals surface area contributed by atoms with Gasteiger partial charge in [0.05, 0.1) is 7.11 Å². The Kier molecular flexibility index (Phi) is 4.04. The maximum atomic E-state index is 11.9. The molecule has 4 nitrogen and oxygen atoms in total. The van der Waals surface area contributed by atoms with Crippen molar-refractivity contribution >= 4 is 18.6 Å². The molecule has 1 heterocycles. The molecular formula is C16H15BO4. The van der Waals surface area contributed by atoms with Gasteiger partial charge in [-0.15, -0.1) is 0 Å². The number of carbonyl (C=O) groups is 1. The van der Waals surface area contributed by atoms with Crippen LogP contribution in [-0.2, 0) is 18.8 Å². The van der Waals surface area contributed by atoms with Gasteiger partial charge in [-0.3, -0.25) is 0 Å². The van der Waals surface area contributed by atoms with Crippen molar-refractivity contribution in [3.8, 4) is 0 Å². The first-order chi connectivity index (χ1) is 10.3. The monoisotopic (exact) mass is 282 g/mol. The van der Waals surface area contributed by atoms with E-state index in [9.17, 15) is 4.79 Å². The average Bonchev–Trinajstić information content (AvgIpc) is 3.01. The van der Waals surface area contributed by atoms with Gasteiger partial charge in [-0.25, -0.2) is 4.79 Å². The van der Waals surface area contributed by atoms with E-state index in [1.165, 1.54) is 7.11 Å². The molecule has 0 aromatic heterocycles. The Bertz CT molecular complexity index is 602. The van der Waals surface area contributed by atoms with Crippen molar-refractivity contribution in [2.75, 3.05) is 7.11 Å². The lowest BCUT2D eigenvalue weighted by molar-refractivity contribution is -0.150. The van der Waals surface area contributed by atoms with E-state index >= 15 is 0 Å². The van der Waals surface area contributed by atoms with Crippen molar-refractivity contribution in [2.24, 2.45) is 0 Å². The molecule has 5 heteroatoms. The van der Waals surface area contributed by atoms with Gasteiger partial charge in [-0.05, 0) is 11.0 Å². The van der Waals surface area contributed by atoms with Gasteiger partial charge in [0.1, 0.15) is 6.10 Å². The molecule has 1 fully saturated rings. The highest BCUT2D eigenvalue weighted by Crippen LogP contribution is 2.31. The van der Waals surface area contributed by atoms with Gasteiger partial charge in [-0.1, -0.05) is 60.7 Å². The quantitative estimate of drug-likeness (QED) is 0.635. The van der Waals surface area contributed by atoms with Crippen LogP contribution >= 0.6 is 0 Å². The SMILES string of the molecule is COC(=O)[C@H]1OB(c2ccccc2)O[C@@H]1c1ccccc1. The van der Waals surface area contributed by atoms with Gasteiger partial charge in [0.15, 0.2) is 6.10 Å². The Morgan fingerprint density at radius 3 is 2.24 bits per heavy atom. The zero-order valence-corrected chi connectivity index (χ0v) is 11.6. The highest BCUT2D eigenvalue weighted by molar-refractivity contribution is 6.62. The lowest BCUT2D eigenvalue weighted by Crippen LogP contribution is -2.34. The highest BCUT2D eigenvalue weighted by atomic mass is 16.7. The van der Waals surface area contributed by atoms with Gasteiger partial charge in [0, 0.05) is 0 Å². The van der Waals surface area contributed by atoms with Crippen LogP contribution in [0.25, 0.3) is 0 Å². The van der Waals surface area contributed by atoms with E-state index < -0.39 is 25.3 Å². The Balaban J connectivity index is 1.89. The largest absolute Gasteiger partial charge is 0.495 e. The van der Waals surface area contributed by atoms with Crippen LogP contribution in [0.2, 0.25) is 0 Å². The predicted octanol–water partition coefficient (Wildman–Crippen LogP) is 1.71. The van der Waals surface area contributed by atoms with Gasteiger partial charge >= 0.3 is 13.1 Å². The van der Waals surface area contributed by atoms with E-state index in [1.807, 2.05) is 60.7 Å². The van der Waals surface area contributed by atoms with Gasteiger partial charge in [-0.2, -0.15) is 0 Å². The summed E-state index contributed by atoms with van der Waals surface area (Å²) in [6, 6.07) is 19.1. The third-order valence-corrected chi connectivity index (χ3v) is 3.45. The number of ether oxygens (including phenoxy) is 1. The Morgan fingerprint density at radius 1 is 1.00 bits per heavy atom. The van der Waals surface area contributed by atoms with Crippen molar-refractivity contribution in [3.05, 3.63) is 66.2 Å². The Morgan fingerprint density at radius 2 is 1.62 bits per heavy atom. The third kappa shape index (κ3) is 2.84. The minimum Gasteiger partial charge on any atom is -0.467 e. The maximum Gasteiger partial charge on any atom is 0.495 e. The summed E-state index contributed by atoms with van der Waals surface area (Å²) in [5, 5.41) is 0. The topological polar surface area (TPSA) is 44.8 Å². The summed E-state index contributed by atoms with van der Waals surface area (Å²) in [7, 11) is 0.782. The normalized spacial score (nSPS) is 21.3. The van der Waals surface area contributed by atoms with Gasteiger partial charge < -0.3 is 14.0 Å². The second kappa shape index (κ2) is 6.12. The summed E-state index contributed by atoms with van der Waals surface area (Å²) in [6.07, 6.45) is -1.23. The third-order valence-electron chi connectivity index (χ3n) is 3.45. The fourth-order valence-corrected chi connectivity index (χ4v) is 2.40. The van der Waals surface area contributed by atoms with E-state index in [2.05, 4.69) is 0 Å². The number of esters is 1. The summed E-state index contributed by atoms with van der Waals surface area (Å²) in [4.78, 5) is 11.9. The molecule has 0 aliphatic carbocycles. The fraction of sp³-hybridized carbons (Fsp3) is 0.188. The van der Waals surface area contributed by atoms with E-state index in [4.69, 9.17) is 14.0 Å². The van der Waals surface area contributed by atoms with E-state index in [0.29, 0.717) is 0 Å². The van der Waals surface area contributed by atoms with Gasteiger partial charge in [0.2, 0.25) is 0 Å². The van der Waals surface area contributed by atoms with Crippen LogP contribution in [0.3, 0.4) is 0 Å². The molecule has 0 unspecified atom stereocenters. The van der Waals surface area contributed by atoms with Crippen LogP contribution in [0.5, 0.6) is 0 Å². The molecule has 1 aliphatic heterocycles. The van der Waals surface area contributed by atoms with Crippen LogP contribution in [0, 0.1) is 0 Å². The Hall–Kier alpha value is -2.11. The molecule has 2 aromatic carbocycles. The van der Waals surface area contributed by atoms with Crippen LogP contribution < -0.4 is 5.46 Å². The zero-order valence-electron chi connectivity index (χ0n) is 11.6. The number of benzene rings is 2. The first-order valence-electron chi connectivity index (χ1n) is 6.78. The van der Waals surface area contributed by atoms with E-state index in [1.54, 1.807) is 0 Å². The van der Waals surface area contributed by atoms with Crippen molar-refractivity contribution in [1.82, 2.24) is 0 Å². The zero-order chi connectivity index (χ0) is 14.7. The molecule has 1 aliphatic rings. The average molecular weight is 282 g/mol. The number of carbonyl (C=O) groups excluding carboxylic acids is 1. The molecular weight excluding hydrogens is 267 g/mol. The molecule has 2 aromatic rings. The number of methoxy groups -OCH3 is 1. The molecule has 21 heavy (non-hydrogen) atoms. The number of rotatable bonds is 3. The molecule has 3 rings (SSSR count). The molecule has 1 saturated heterocycles. The van der Waals surface area contributed by atoms with Crippen molar-refractivity contribution in [2.45, 2.75) is 12.2 Å². The minimum absolute atomic E-state index is 0.428. The van der Waals surface area contributed by atoms with Crippen molar-refractivity contribution in [3.63, 3.8) is 0 Å².